The zero-order chi connectivity index (χ0) is 15.2. The van der Waals surface area contributed by atoms with E-state index in [2.05, 4.69) is 11.8 Å². The maximum atomic E-state index is 12.3. The predicted molar refractivity (Wildman–Crippen MR) is 80.4 cm³/mol. The van der Waals surface area contributed by atoms with E-state index in [9.17, 15) is 9.59 Å². The van der Waals surface area contributed by atoms with Crippen molar-refractivity contribution >= 4 is 11.9 Å². The van der Waals surface area contributed by atoms with E-state index in [0.29, 0.717) is 5.56 Å². The van der Waals surface area contributed by atoms with Crippen LogP contribution in [0.2, 0.25) is 0 Å². The summed E-state index contributed by atoms with van der Waals surface area (Å²) in [5.74, 6) is -0.967. The van der Waals surface area contributed by atoms with Gasteiger partial charge in [-0.15, -0.1) is 0 Å². The molecule has 0 saturated carbocycles. The van der Waals surface area contributed by atoms with Crippen molar-refractivity contribution in [2.45, 2.75) is 19.8 Å². The molecule has 1 N–H and O–H groups in total. The third-order valence-corrected chi connectivity index (χ3v) is 3.85. The Morgan fingerprint density at radius 2 is 1.81 bits per heavy atom. The SMILES string of the molecule is CCCN1CCN(C(=O)Cc2ccccc2C(=O)O)CC1. The lowest BCUT2D eigenvalue weighted by atomic mass is 10.0. The molecule has 1 fully saturated rings. The van der Waals surface area contributed by atoms with E-state index < -0.39 is 5.97 Å². The highest BCUT2D eigenvalue weighted by atomic mass is 16.4. The van der Waals surface area contributed by atoms with Gasteiger partial charge in [0, 0.05) is 26.2 Å². The number of benzene rings is 1. The summed E-state index contributed by atoms with van der Waals surface area (Å²) >= 11 is 0. The van der Waals surface area contributed by atoms with Gasteiger partial charge in [-0.2, -0.15) is 0 Å². The van der Waals surface area contributed by atoms with Gasteiger partial charge >= 0.3 is 5.97 Å². The largest absolute Gasteiger partial charge is 0.478 e. The van der Waals surface area contributed by atoms with Crippen LogP contribution in [0, 0.1) is 0 Å². The lowest BCUT2D eigenvalue weighted by molar-refractivity contribution is -0.132. The number of carboxylic acids is 1. The first-order chi connectivity index (χ1) is 10.1. The van der Waals surface area contributed by atoms with Crippen LogP contribution in [-0.2, 0) is 11.2 Å². The van der Waals surface area contributed by atoms with Crippen LogP contribution in [-0.4, -0.2) is 59.5 Å². The molecule has 1 aliphatic rings. The van der Waals surface area contributed by atoms with Gasteiger partial charge in [0.25, 0.3) is 0 Å². The molecule has 0 spiro atoms. The van der Waals surface area contributed by atoms with Gasteiger partial charge in [-0.25, -0.2) is 4.79 Å². The molecular formula is C16H22N2O3. The van der Waals surface area contributed by atoms with E-state index in [1.54, 1.807) is 24.3 Å². The lowest BCUT2D eigenvalue weighted by Gasteiger charge is -2.34. The molecule has 2 rings (SSSR count). The molecule has 0 unspecified atom stereocenters. The first-order valence-electron chi connectivity index (χ1n) is 7.43. The zero-order valence-electron chi connectivity index (χ0n) is 12.4. The highest BCUT2D eigenvalue weighted by molar-refractivity contribution is 5.91. The van der Waals surface area contributed by atoms with Crippen molar-refractivity contribution in [1.82, 2.24) is 9.80 Å². The molecular weight excluding hydrogens is 268 g/mol. The molecule has 0 aliphatic carbocycles. The Morgan fingerprint density at radius 1 is 1.14 bits per heavy atom. The molecule has 1 saturated heterocycles. The molecule has 1 amide bonds. The van der Waals surface area contributed by atoms with Crippen LogP contribution in [0.25, 0.3) is 0 Å². The van der Waals surface area contributed by atoms with Crippen molar-refractivity contribution in [2.24, 2.45) is 0 Å². The first kappa shape index (κ1) is 15.5. The molecule has 0 aromatic heterocycles. The Balaban J connectivity index is 1.95. The summed E-state index contributed by atoms with van der Waals surface area (Å²) in [6.45, 7) is 6.49. The van der Waals surface area contributed by atoms with Crippen molar-refractivity contribution in [3.63, 3.8) is 0 Å². The molecule has 114 valence electrons. The van der Waals surface area contributed by atoms with Crippen LogP contribution in [0.5, 0.6) is 0 Å². The van der Waals surface area contributed by atoms with Crippen LogP contribution >= 0.6 is 0 Å². The van der Waals surface area contributed by atoms with Crippen LogP contribution in [0.15, 0.2) is 24.3 Å². The minimum atomic E-state index is -0.980. The van der Waals surface area contributed by atoms with Gasteiger partial charge in [0.05, 0.1) is 12.0 Å². The molecule has 0 radical (unpaired) electrons. The third kappa shape index (κ3) is 4.04. The second-order valence-corrected chi connectivity index (χ2v) is 5.36. The molecule has 0 atom stereocenters. The number of carbonyl (C=O) groups excluding carboxylic acids is 1. The van der Waals surface area contributed by atoms with Gasteiger partial charge in [-0.05, 0) is 24.6 Å². The summed E-state index contributed by atoms with van der Waals surface area (Å²) < 4.78 is 0. The Bertz CT molecular complexity index is 508. The van der Waals surface area contributed by atoms with Gasteiger partial charge < -0.3 is 10.0 Å². The van der Waals surface area contributed by atoms with E-state index in [1.165, 1.54) is 0 Å². The number of nitrogens with zero attached hydrogens (tertiary/aromatic N) is 2. The van der Waals surface area contributed by atoms with Gasteiger partial charge in [-0.1, -0.05) is 25.1 Å². The number of hydrogen-bond donors (Lipinski definition) is 1. The fourth-order valence-electron chi connectivity index (χ4n) is 2.69. The molecule has 5 heteroatoms. The highest BCUT2D eigenvalue weighted by Crippen LogP contribution is 2.12. The Morgan fingerprint density at radius 3 is 2.43 bits per heavy atom. The number of aromatic carboxylic acids is 1. The molecule has 0 bridgehead atoms. The van der Waals surface area contributed by atoms with Crippen LogP contribution < -0.4 is 0 Å². The minimum absolute atomic E-state index is 0.0137. The van der Waals surface area contributed by atoms with Gasteiger partial charge in [0.15, 0.2) is 0 Å². The third-order valence-electron chi connectivity index (χ3n) is 3.85. The highest BCUT2D eigenvalue weighted by Gasteiger charge is 2.22. The number of carbonyl (C=O) groups is 2. The van der Waals surface area contributed by atoms with Crippen LogP contribution in [0.4, 0.5) is 0 Å². The lowest BCUT2D eigenvalue weighted by Crippen LogP contribution is -2.49. The van der Waals surface area contributed by atoms with E-state index in [0.717, 1.165) is 39.1 Å². The molecule has 1 aliphatic heterocycles. The van der Waals surface area contributed by atoms with Crippen molar-refractivity contribution in [2.75, 3.05) is 32.7 Å². The summed E-state index contributed by atoms with van der Waals surface area (Å²) in [6, 6.07) is 6.72. The topological polar surface area (TPSA) is 60.9 Å². The molecule has 1 heterocycles. The van der Waals surface area contributed by atoms with Crippen molar-refractivity contribution in [3.05, 3.63) is 35.4 Å². The second kappa shape index (κ2) is 7.22. The number of hydrogen-bond acceptors (Lipinski definition) is 3. The summed E-state index contributed by atoms with van der Waals surface area (Å²) in [5, 5.41) is 9.15. The smallest absolute Gasteiger partial charge is 0.335 e. The maximum absolute atomic E-state index is 12.3. The van der Waals surface area contributed by atoms with Gasteiger partial charge in [0.2, 0.25) is 5.91 Å². The van der Waals surface area contributed by atoms with Crippen molar-refractivity contribution in [1.29, 1.82) is 0 Å². The van der Waals surface area contributed by atoms with Crippen molar-refractivity contribution in [3.8, 4) is 0 Å². The van der Waals surface area contributed by atoms with E-state index >= 15 is 0 Å². The number of amides is 1. The average molecular weight is 290 g/mol. The van der Waals surface area contributed by atoms with E-state index in [4.69, 9.17) is 5.11 Å². The predicted octanol–water partition coefficient (Wildman–Crippen LogP) is 1.48. The normalized spacial score (nSPS) is 16.0. The van der Waals surface area contributed by atoms with E-state index in [-0.39, 0.29) is 17.9 Å². The minimum Gasteiger partial charge on any atom is -0.478 e. The Labute approximate surface area is 125 Å². The van der Waals surface area contributed by atoms with E-state index in [1.807, 2.05) is 4.90 Å². The number of piperazine rings is 1. The zero-order valence-corrected chi connectivity index (χ0v) is 12.4. The number of carboxylic acid groups (broad SMARTS) is 1. The Hall–Kier alpha value is -1.88. The van der Waals surface area contributed by atoms with Crippen molar-refractivity contribution < 1.29 is 14.7 Å². The second-order valence-electron chi connectivity index (χ2n) is 5.36. The average Bonchev–Trinajstić information content (AvgIpc) is 2.48. The first-order valence-corrected chi connectivity index (χ1v) is 7.43. The fourth-order valence-corrected chi connectivity index (χ4v) is 2.69. The fraction of sp³-hybridized carbons (Fsp3) is 0.500. The quantitative estimate of drug-likeness (QED) is 0.892. The standard InChI is InChI=1S/C16H22N2O3/c1-2-7-17-8-10-18(11-9-17)15(19)12-13-5-3-4-6-14(13)16(20)21/h3-6H,2,7-12H2,1H3,(H,20,21). The van der Waals surface area contributed by atoms with Gasteiger partial charge in [0.1, 0.15) is 0 Å². The molecule has 1 aromatic carbocycles. The summed E-state index contributed by atoms with van der Waals surface area (Å²) in [6.07, 6.45) is 1.29. The molecule has 21 heavy (non-hydrogen) atoms. The molecule has 1 aromatic rings. The number of rotatable bonds is 5. The Kier molecular flexibility index (Phi) is 5.33. The summed E-state index contributed by atoms with van der Waals surface area (Å²) in [5.41, 5.74) is 0.807. The monoisotopic (exact) mass is 290 g/mol. The van der Waals surface area contributed by atoms with Gasteiger partial charge in [-0.3, -0.25) is 9.69 Å². The summed E-state index contributed by atoms with van der Waals surface area (Å²) in [4.78, 5) is 27.7. The maximum Gasteiger partial charge on any atom is 0.335 e. The molecule has 5 nitrogen and oxygen atoms in total. The van der Waals surface area contributed by atoms with Crippen LogP contribution in [0.1, 0.15) is 29.3 Å². The summed E-state index contributed by atoms with van der Waals surface area (Å²) in [7, 11) is 0. The van der Waals surface area contributed by atoms with Crippen LogP contribution in [0.3, 0.4) is 0 Å².